The van der Waals surface area contributed by atoms with Gasteiger partial charge in [-0.05, 0) is 42.7 Å². The van der Waals surface area contributed by atoms with Gasteiger partial charge in [0.1, 0.15) is 10.6 Å². The number of hydrogen-bond donors (Lipinski definition) is 1. The molecule has 3 aromatic carbocycles. The lowest BCUT2D eigenvalue weighted by atomic mass is 10.1. The molecule has 0 aliphatic carbocycles. The third kappa shape index (κ3) is 5.96. The molecule has 6 nitrogen and oxygen atoms in total. The second kappa shape index (κ2) is 10.4. The number of hydrogen-bond acceptors (Lipinski definition) is 4. The van der Waals surface area contributed by atoms with E-state index in [1.807, 2.05) is 60.7 Å². The Kier molecular flexibility index (Phi) is 7.66. The van der Waals surface area contributed by atoms with Crippen LogP contribution in [0.5, 0.6) is 5.75 Å². The topological polar surface area (TPSA) is 75.7 Å². The van der Waals surface area contributed by atoms with Crippen molar-refractivity contribution in [2.24, 2.45) is 0 Å². The maximum absolute atomic E-state index is 13.4. The number of nitrogens with zero attached hydrogens (tertiary/aromatic N) is 1. The van der Waals surface area contributed by atoms with E-state index in [0.717, 1.165) is 16.7 Å². The molecule has 32 heavy (non-hydrogen) atoms. The molecule has 0 aliphatic heterocycles. The van der Waals surface area contributed by atoms with E-state index in [4.69, 9.17) is 4.74 Å². The van der Waals surface area contributed by atoms with E-state index >= 15 is 0 Å². The maximum Gasteiger partial charge on any atom is 0.244 e. The Morgan fingerprint density at radius 2 is 1.47 bits per heavy atom. The highest BCUT2D eigenvalue weighted by atomic mass is 32.2. The van der Waals surface area contributed by atoms with E-state index in [0.29, 0.717) is 13.1 Å². The third-order valence-corrected chi connectivity index (χ3v) is 6.62. The summed E-state index contributed by atoms with van der Waals surface area (Å²) in [7, 11) is -2.56. The minimum atomic E-state index is -3.97. The molecule has 3 aromatic rings. The SMILES string of the molecule is COc1ccc(C)cc1S(=O)(=O)N[C@@H](C)C(=O)N(Cc1ccccc1)Cc1ccccc1. The first-order valence-corrected chi connectivity index (χ1v) is 11.8. The average molecular weight is 453 g/mol. The van der Waals surface area contributed by atoms with Crippen molar-refractivity contribution in [3.05, 3.63) is 95.6 Å². The normalized spacial score (nSPS) is 12.2. The number of amides is 1. The second-order valence-electron chi connectivity index (χ2n) is 7.66. The molecule has 1 atom stereocenters. The van der Waals surface area contributed by atoms with Crippen LogP contribution in [0.4, 0.5) is 0 Å². The molecule has 0 aromatic heterocycles. The van der Waals surface area contributed by atoms with Crippen molar-refractivity contribution in [1.29, 1.82) is 0 Å². The fourth-order valence-electron chi connectivity index (χ4n) is 3.43. The summed E-state index contributed by atoms with van der Waals surface area (Å²) in [6.07, 6.45) is 0. The first-order valence-electron chi connectivity index (χ1n) is 10.3. The highest BCUT2D eigenvalue weighted by molar-refractivity contribution is 7.89. The van der Waals surface area contributed by atoms with E-state index in [1.54, 1.807) is 30.9 Å². The van der Waals surface area contributed by atoms with E-state index in [2.05, 4.69) is 4.72 Å². The van der Waals surface area contributed by atoms with Gasteiger partial charge < -0.3 is 9.64 Å². The highest BCUT2D eigenvalue weighted by Gasteiger charge is 2.28. The van der Waals surface area contributed by atoms with E-state index < -0.39 is 16.1 Å². The fourth-order valence-corrected chi connectivity index (χ4v) is 4.88. The predicted molar refractivity (Wildman–Crippen MR) is 125 cm³/mol. The van der Waals surface area contributed by atoms with Crippen molar-refractivity contribution < 1.29 is 17.9 Å². The van der Waals surface area contributed by atoms with Gasteiger partial charge in [-0.2, -0.15) is 4.72 Å². The van der Waals surface area contributed by atoms with E-state index in [1.165, 1.54) is 13.2 Å². The smallest absolute Gasteiger partial charge is 0.244 e. The Morgan fingerprint density at radius 3 is 1.97 bits per heavy atom. The van der Waals surface area contributed by atoms with Crippen LogP contribution in [-0.2, 0) is 27.9 Å². The lowest BCUT2D eigenvalue weighted by Crippen LogP contribution is -2.46. The van der Waals surface area contributed by atoms with Crippen molar-refractivity contribution >= 4 is 15.9 Å². The fraction of sp³-hybridized carbons (Fsp3) is 0.240. The number of carbonyl (C=O) groups excluding carboxylic acids is 1. The highest BCUT2D eigenvalue weighted by Crippen LogP contribution is 2.25. The Hall–Kier alpha value is -3.16. The van der Waals surface area contributed by atoms with Crippen LogP contribution in [0.1, 0.15) is 23.6 Å². The molecule has 7 heteroatoms. The molecule has 1 N–H and O–H groups in total. The van der Waals surface area contributed by atoms with Crippen molar-refractivity contribution in [3.8, 4) is 5.75 Å². The molecule has 168 valence electrons. The number of nitrogens with one attached hydrogen (secondary N) is 1. The number of sulfonamides is 1. The van der Waals surface area contributed by atoms with Crippen LogP contribution < -0.4 is 9.46 Å². The summed E-state index contributed by atoms with van der Waals surface area (Å²) in [5.74, 6) is -0.0823. The molecular weight excluding hydrogens is 424 g/mol. The van der Waals surface area contributed by atoms with Gasteiger partial charge in [-0.3, -0.25) is 4.79 Å². The van der Waals surface area contributed by atoms with Crippen molar-refractivity contribution in [3.63, 3.8) is 0 Å². The van der Waals surface area contributed by atoms with Crippen LogP contribution in [0.15, 0.2) is 83.8 Å². The average Bonchev–Trinajstić information content (AvgIpc) is 2.79. The molecule has 0 bridgehead atoms. The molecule has 0 heterocycles. The Balaban J connectivity index is 1.84. The molecule has 0 unspecified atom stereocenters. The van der Waals surface area contributed by atoms with Gasteiger partial charge in [0.15, 0.2) is 0 Å². The molecule has 0 radical (unpaired) electrons. The summed E-state index contributed by atoms with van der Waals surface area (Å²) in [6, 6.07) is 23.2. The third-order valence-electron chi connectivity index (χ3n) is 5.06. The van der Waals surface area contributed by atoms with Gasteiger partial charge in [-0.1, -0.05) is 66.7 Å². The summed E-state index contributed by atoms with van der Waals surface area (Å²) < 4.78 is 33.9. The quantitative estimate of drug-likeness (QED) is 0.534. The first kappa shape index (κ1) is 23.5. The minimum absolute atomic E-state index is 0.0114. The molecule has 0 saturated carbocycles. The number of ether oxygens (including phenoxy) is 1. The monoisotopic (exact) mass is 452 g/mol. The molecule has 0 aliphatic rings. The number of aryl methyl sites for hydroxylation is 1. The van der Waals surface area contributed by atoms with Gasteiger partial charge in [0.05, 0.1) is 13.2 Å². The Bertz CT molecular complexity index is 1110. The van der Waals surface area contributed by atoms with Gasteiger partial charge in [-0.25, -0.2) is 8.42 Å². The molecule has 0 saturated heterocycles. The van der Waals surface area contributed by atoms with Gasteiger partial charge >= 0.3 is 0 Å². The van der Waals surface area contributed by atoms with Gasteiger partial charge in [0.2, 0.25) is 15.9 Å². The van der Waals surface area contributed by atoms with Crippen LogP contribution >= 0.6 is 0 Å². The van der Waals surface area contributed by atoms with Crippen LogP contribution in [0, 0.1) is 6.92 Å². The van der Waals surface area contributed by atoms with Gasteiger partial charge in [0.25, 0.3) is 0 Å². The zero-order valence-electron chi connectivity index (χ0n) is 18.5. The number of rotatable bonds is 9. The van der Waals surface area contributed by atoms with Crippen LogP contribution in [-0.4, -0.2) is 32.4 Å². The minimum Gasteiger partial charge on any atom is -0.495 e. The predicted octanol–water partition coefficient (Wildman–Crippen LogP) is 3.90. The molecule has 0 spiro atoms. The molecule has 0 fully saturated rings. The lowest BCUT2D eigenvalue weighted by molar-refractivity contribution is -0.133. The second-order valence-corrected chi connectivity index (χ2v) is 9.35. The maximum atomic E-state index is 13.4. The van der Waals surface area contributed by atoms with E-state index in [-0.39, 0.29) is 16.6 Å². The van der Waals surface area contributed by atoms with Crippen LogP contribution in [0.3, 0.4) is 0 Å². The first-order chi connectivity index (χ1) is 15.3. The summed E-state index contributed by atoms with van der Waals surface area (Å²) >= 11 is 0. The summed E-state index contributed by atoms with van der Waals surface area (Å²) in [4.78, 5) is 15.0. The number of carbonyl (C=O) groups is 1. The number of methoxy groups -OCH3 is 1. The Morgan fingerprint density at radius 1 is 0.938 bits per heavy atom. The van der Waals surface area contributed by atoms with E-state index in [9.17, 15) is 13.2 Å². The van der Waals surface area contributed by atoms with Crippen molar-refractivity contribution in [1.82, 2.24) is 9.62 Å². The molecule has 1 amide bonds. The van der Waals surface area contributed by atoms with Gasteiger partial charge in [-0.15, -0.1) is 0 Å². The van der Waals surface area contributed by atoms with Gasteiger partial charge in [0, 0.05) is 13.1 Å². The Labute approximate surface area is 189 Å². The van der Waals surface area contributed by atoms with Crippen LogP contribution in [0.25, 0.3) is 0 Å². The molecule has 3 rings (SSSR count). The van der Waals surface area contributed by atoms with Crippen molar-refractivity contribution in [2.75, 3.05) is 7.11 Å². The van der Waals surface area contributed by atoms with Crippen molar-refractivity contribution in [2.45, 2.75) is 37.9 Å². The van der Waals surface area contributed by atoms with Crippen LogP contribution in [0.2, 0.25) is 0 Å². The summed E-state index contributed by atoms with van der Waals surface area (Å²) in [5.41, 5.74) is 2.71. The standard InChI is InChI=1S/C25H28N2O4S/c1-19-14-15-23(31-3)24(16-19)32(29,30)26-20(2)25(28)27(17-21-10-6-4-7-11-21)18-22-12-8-5-9-13-22/h4-16,20,26H,17-18H2,1-3H3/t20-/m0/s1. The zero-order chi connectivity index (χ0) is 23.1. The summed E-state index contributed by atoms with van der Waals surface area (Å²) in [5, 5.41) is 0. The number of benzene rings is 3. The summed E-state index contributed by atoms with van der Waals surface area (Å²) in [6.45, 7) is 4.10. The zero-order valence-corrected chi connectivity index (χ0v) is 19.3. The largest absolute Gasteiger partial charge is 0.495 e. The molecular formula is C25H28N2O4S. The lowest BCUT2D eigenvalue weighted by Gasteiger charge is -2.27.